The highest BCUT2D eigenvalue weighted by Gasteiger charge is 2.16. The summed E-state index contributed by atoms with van der Waals surface area (Å²) in [4.78, 5) is 0. The number of benzene rings is 1. The van der Waals surface area contributed by atoms with Crippen molar-refractivity contribution in [3.63, 3.8) is 0 Å². The molecule has 0 radical (unpaired) electrons. The molecule has 0 amide bonds. The van der Waals surface area contributed by atoms with Gasteiger partial charge in [-0.3, -0.25) is 4.31 Å². The molecule has 0 unspecified atom stereocenters. The van der Waals surface area contributed by atoms with Crippen LogP contribution in [0.25, 0.3) is 0 Å². The van der Waals surface area contributed by atoms with Crippen LogP contribution in [0.2, 0.25) is 0 Å². The third-order valence-electron chi connectivity index (χ3n) is 2.50. The molecule has 0 spiro atoms. The van der Waals surface area contributed by atoms with E-state index >= 15 is 0 Å². The van der Waals surface area contributed by atoms with Crippen molar-refractivity contribution in [2.24, 2.45) is 5.73 Å². The highest BCUT2D eigenvalue weighted by atomic mass is 32.2. The van der Waals surface area contributed by atoms with Crippen LogP contribution >= 0.6 is 0 Å². The summed E-state index contributed by atoms with van der Waals surface area (Å²) in [5, 5.41) is 0. The first kappa shape index (κ1) is 13.0. The van der Waals surface area contributed by atoms with Gasteiger partial charge < -0.3 is 5.73 Å². The molecule has 1 aromatic rings. The van der Waals surface area contributed by atoms with Gasteiger partial charge in [-0.15, -0.1) is 0 Å². The van der Waals surface area contributed by atoms with Crippen molar-refractivity contribution in [3.05, 3.63) is 29.8 Å². The second kappa shape index (κ2) is 5.32. The van der Waals surface area contributed by atoms with Crippen LogP contribution in [-0.2, 0) is 16.4 Å². The number of nitrogens with zero attached hydrogens (tertiary/aromatic N) is 1. The van der Waals surface area contributed by atoms with Crippen LogP contribution in [0, 0.1) is 0 Å². The monoisotopic (exact) mass is 242 g/mol. The minimum absolute atomic E-state index is 0.0287. The Hall–Kier alpha value is -1.07. The lowest BCUT2D eigenvalue weighted by Gasteiger charge is -2.19. The number of sulfonamides is 1. The van der Waals surface area contributed by atoms with Crippen LogP contribution in [0.3, 0.4) is 0 Å². The van der Waals surface area contributed by atoms with E-state index in [0.717, 1.165) is 6.42 Å². The molecule has 0 aliphatic rings. The second-order valence-electron chi connectivity index (χ2n) is 3.59. The Morgan fingerprint density at radius 2 is 1.81 bits per heavy atom. The van der Waals surface area contributed by atoms with E-state index in [2.05, 4.69) is 6.92 Å². The minimum Gasteiger partial charge on any atom is -0.329 e. The number of hydrogen-bond donors (Lipinski definition) is 1. The number of hydrogen-bond acceptors (Lipinski definition) is 3. The van der Waals surface area contributed by atoms with Gasteiger partial charge in [0.05, 0.1) is 11.4 Å². The number of nitrogens with two attached hydrogens (primary N) is 1. The van der Waals surface area contributed by atoms with Gasteiger partial charge in [-0.1, -0.05) is 19.1 Å². The molecule has 0 aromatic heterocycles. The van der Waals surface area contributed by atoms with Gasteiger partial charge in [-0.05, 0) is 24.1 Å². The standard InChI is InChI=1S/C11H18N2O2S/c1-3-10-4-6-11(7-5-10)13(2)16(14,15)9-8-12/h4-7H,3,8-9,12H2,1-2H3. The van der Waals surface area contributed by atoms with Crippen LogP contribution < -0.4 is 10.0 Å². The van der Waals surface area contributed by atoms with Crippen LogP contribution in [0.15, 0.2) is 24.3 Å². The fourth-order valence-electron chi connectivity index (χ4n) is 1.39. The Kier molecular flexibility index (Phi) is 4.32. The summed E-state index contributed by atoms with van der Waals surface area (Å²) < 4.78 is 24.7. The molecule has 0 atom stereocenters. The molecule has 0 fully saturated rings. The Labute approximate surface area is 97.1 Å². The molecule has 90 valence electrons. The van der Waals surface area contributed by atoms with Crippen LogP contribution in [0.5, 0.6) is 0 Å². The minimum atomic E-state index is -3.27. The SMILES string of the molecule is CCc1ccc(N(C)S(=O)(=O)CCN)cc1. The first-order valence-electron chi connectivity index (χ1n) is 5.27. The lowest BCUT2D eigenvalue weighted by molar-refractivity contribution is 0.594. The maximum absolute atomic E-state index is 11.7. The number of anilines is 1. The fourth-order valence-corrected chi connectivity index (χ4v) is 2.40. The molecule has 0 aliphatic carbocycles. The topological polar surface area (TPSA) is 63.4 Å². The van der Waals surface area contributed by atoms with E-state index in [9.17, 15) is 8.42 Å². The summed E-state index contributed by atoms with van der Waals surface area (Å²) in [6.45, 7) is 2.20. The zero-order chi connectivity index (χ0) is 12.2. The highest BCUT2D eigenvalue weighted by Crippen LogP contribution is 2.17. The van der Waals surface area contributed by atoms with Crippen molar-refractivity contribution in [3.8, 4) is 0 Å². The Bertz CT molecular complexity index is 426. The van der Waals surface area contributed by atoms with E-state index in [1.54, 1.807) is 7.05 Å². The van der Waals surface area contributed by atoms with Crippen molar-refractivity contribution in [2.45, 2.75) is 13.3 Å². The average molecular weight is 242 g/mol. The van der Waals surface area contributed by atoms with Gasteiger partial charge in [0, 0.05) is 13.6 Å². The third kappa shape index (κ3) is 2.96. The number of rotatable bonds is 5. The summed E-state index contributed by atoms with van der Waals surface area (Å²) in [6.07, 6.45) is 0.944. The van der Waals surface area contributed by atoms with E-state index in [4.69, 9.17) is 5.73 Å². The zero-order valence-corrected chi connectivity index (χ0v) is 10.5. The van der Waals surface area contributed by atoms with Gasteiger partial charge >= 0.3 is 0 Å². The molecule has 0 saturated carbocycles. The highest BCUT2D eigenvalue weighted by molar-refractivity contribution is 7.92. The van der Waals surface area contributed by atoms with E-state index in [-0.39, 0.29) is 12.3 Å². The predicted octanol–water partition coefficient (Wildman–Crippen LogP) is 0.974. The maximum atomic E-state index is 11.7. The summed E-state index contributed by atoms with van der Waals surface area (Å²) in [5.74, 6) is -0.0287. The molecule has 4 nitrogen and oxygen atoms in total. The largest absolute Gasteiger partial charge is 0.329 e. The maximum Gasteiger partial charge on any atom is 0.236 e. The van der Waals surface area contributed by atoms with Gasteiger partial charge in [0.2, 0.25) is 10.0 Å². The average Bonchev–Trinajstić information content (AvgIpc) is 2.28. The molecule has 0 saturated heterocycles. The van der Waals surface area contributed by atoms with Crippen LogP contribution in [0.1, 0.15) is 12.5 Å². The molecular weight excluding hydrogens is 224 g/mol. The van der Waals surface area contributed by atoms with E-state index in [1.165, 1.54) is 9.87 Å². The molecule has 2 N–H and O–H groups in total. The van der Waals surface area contributed by atoms with Crippen LogP contribution in [0.4, 0.5) is 5.69 Å². The van der Waals surface area contributed by atoms with Crippen LogP contribution in [-0.4, -0.2) is 27.8 Å². The molecule has 1 rings (SSSR count). The quantitative estimate of drug-likeness (QED) is 0.837. The van der Waals surface area contributed by atoms with Gasteiger partial charge in [-0.25, -0.2) is 8.42 Å². The molecule has 0 heterocycles. The lowest BCUT2D eigenvalue weighted by atomic mass is 10.1. The van der Waals surface area contributed by atoms with Gasteiger partial charge in [0.25, 0.3) is 0 Å². The predicted molar refractivity (Wildman–Crippen MR) is 67.1 cm³/mol. The third-order valence-corrected chi connectivity index (χ3v) is 4.30. The molecule has 0 bridgehead atoms. The van der Waals surface area contributed by atoms with Crippen molar-refractivity contribution < 1.29 is 8.42 Å². The lowest BCUT2D eigenvalue weighted by Crippen LogP contribution is -2.31. The van der Waals surface area contributed by atoms with Gasteiger partial charge in [0.15, 0.2) is 0 Å². The first-order chi connectivity index (χ1) is 7.51. The van der Waals surface area contributed by atoms with Crippen molar-refractivity contribution >= 4 is 15.7 Å². The Balaban J connectivity index is 2.92. The number of aryl methyl sites for hydroxylation is 1. The molecule has 5 heteroatoms. The van der Waals surface area contributed by atoms with Crippen molar-refractivity contribution in [1.82, 2.24) is 0 Å². The molecule has 16 heavy (non-hydrogen) atoms. The van der Waals surface area contributed by atoms with E-state index < -0.39 is 10.0 Å². The summed E-state index contributed by atoms with van der Waals surface area (Å²) in [7, 11) is -1.73. The molecule has 1 aromatic carbocycles. The normalized spacial score (nSPS) is 11.4. The second-order valence-corrected chi connectivity index (χ2v) is 5.71. The molecular formula is C11H18N2O2S. The fraction of sp³-hybridized carbons (Fsp3) is 0.455. The van der Waals surface area contributed by atoms with E-state index in [0.29, 0.717) is 5.69 Å². The summed E-state index contributed by atoms with van der Waals surface area (Å²) in [6, 6.07) is 7.49. The smallest absolute Gasteiger partial charge is 0.236 e. The van der Waals surface area contributed by atoms with Crippen molar-refractivity contribution in [2.75, 3.05) is 23.7 Å². The Morgan fingerprint density at radius 1 is 1.25 bits per heavy atom. The zero-order valence-electron chi connectivity index (χ0n) is 9.68. The first-order valence-corrected chi connectivity index (χ1v) is 6.87. The van der Waals surface area contributed by atoms with Crippen molar-refractivity contribution in [1.29, 1.82) is 0 Å². The van der Waals surface area contributed by atoms with Gasteiger partial charge in [-0.2, -0.15) is 0 Å². The Morgan fingerprint density at radius 3 is 2.25 bits per heavy atom. The summed E-state index contributed by atoms with van der Waals surface area (Å²) in [5.41, 5.74) is 7.13. The van der Waals surface area contributed by atoms with E-state index in [1.807, 2.05) is 24.3 Å². The summed E-state index contributed by atoms with van der Waals surface area (Å²) >= 11 is 0. The van der Waals surface area contributed by atoms with Gasteiger partial charge in [0.1, 0.15) is 0 Å². The molecule has 0 aliphatic heterocycles.